The third kappa shape index (κ3) is 3.67. The predicted molar refractivity (Wildman–Crippen MR) is 53.7 cm³/mol. The van der Waals surface area contributed by atoms with Crippen LogP contribution in [0.1, 0.15) is 0 Å². The number of carbonyl (C=O) groups is 2. The highest BCUT2D eigenvalue weighted by Gasteiger charge is 2.05. The Morgan fingerprint density at radius 3 is 2.80 bits per heavy atom. The number of nitrogens with two attached hydrogens (primary N) is 1. The van der Waals surface area contributed by atoms with Crippen LogP contribution in [0, 0.1) is 0 Å². The first-order chi connectivity index (χ1) is 7.11. The van der Waals surface area contributed by atoms with Gasteiger partial charge in [0.25, 0.3) is 0 Å². The summed E-state index contributed by atoms with van der Waals surface area (Å²) in [6.45, 7) is 0.0142. The van der Waals surface area contributed by atoms with E-state index in [1.54, 1.807) is 12.3 Å². The molecule has 0 aliphatic rings. The second-order valence-corrected chi connectivity index (χ2v) is 2.89. The van der Waals surface area contributed by atoms with E-state index >= 15 is 0 Å². The Balaban J connectivity index is 2.33. The predicted octanol–water partition coefficient (Wildman–Crippen LogP) is -1.67. The van der Waals surface area contributed by atoms with Crippen molar-refractivity contribution in [2.45, 2.75) is 6.54 Å². The number of nitrogen functional groups attached to an aromatic ring is 1. The molecule has 4 N–H and O–H groups in total. The highest BCUT2D eigenvalue weighted by Crippen LogP contribution is 1.94. The van der Waals surface area contributed by atoms with Gasteiger partial charge in [-0.25, -0.2) is 0 Å². The molecular weight excluding hydrogens is 198 g/mol. The Morgan fingerprint density at radius 2 is 2.27 bits per heavy atom. The molecule has 1 aromatic rings. The van der Waals surface area contributed by atoms with Crippen LogP contribution in [0.5, 0.6) is 0 Å². The molecule has 0 radical (unpaired) electrons. The number of anilines is 1. The second-order valence-electron chi connectivity index (χ2n) is 2.89. The van der Waals surface area contributed by atoms with Gasteiger partial charge in [-0.1, -0.05) is 0 Å². The minimum atomic E-state index is -0.290. The summed E-state index contributed by atoms with van der Waals surface area (Å²) in [4.78, 5) is 22.1. The lowest BCUT2D eigenvalue weighted by molar-refractivity contribution is -0.126. The molecular formula is C8H13N5O2. The van der Waals surface area contributed by atoms with Crippen molar-refractivity contribution in [1.82, 2.24) is 20.4 Å². The van der Waals surface area contributed by atoms with E-state index < -0.39 is 0 Å². The van der Waals surface area contributed by atoms with E-state index in [9.17, 15) is 9.59 Å². The lowest BCUT2D eigenvalue weighted by atomic mass is 10.5. The summed E-state index contributed by atoms with van der Waals surface area (Å²) < 4.78 is 1.40. The Hall–Kier alpha value is -2.05. The Kier molecular flexibility index (Phi) is 3.67. The summed E-state index contributed by atoms with van der Waals surface area (Å²) >= 11 is 0. The molecule has 1 heterocycles. The molecule has 7 heteroatoms. The van der Waals surface area contributed by atoms with Crippen LogP contribution in [0.25, 0.3) is 0 Å². The van der Waals surface area contributed by atoms with E-state index in [0.29, 0.717) is 5.82 Å². The molecule has 82 valence electrons. The molecule has 15 heavy (non-hydrogen) atoms. The van der Waals surface area contributed by atoms with Gasteiger partial charge in [-0.05, 0) is 6.07 Å². The highest BCUT2D eigenvalue weighted by atomic mass is 16.2. The Morgan fingerprint density at radius 1 is 1.53 bits per heavy atom. The maximum absolute atomic E-state index is 11.2. The molecule has 2 amide bonds. The van der Waals surface area contributed by atoms with Crippen LogP contribution in [-0.4, -0.2) is 35.2 Å². The van der Waals surface area contributed by atoms with Crippen molar-refractivity contribution in [2.75, 3.05) is 19.3 Å². The van der Waals surface area contributed by atoms with Gasteiger partial charge in [-0.3, -0.25) is 14.3 Å². The van der Waals surface area contributed by atoms with E-state index in [1.807, 2.05) is 0 Å². The zero-order chi connectivity index (χ0) is 11.3. The quantitative estimate of drug-likeness (QED) is 0.554. The topological polar surface area (TPSA) is 102 Å². The largest absolute Gasteiger partial charge is 0.382 e. The summed E-state index contributed by atoms with van der Waals surface area (Å²) in [6.07, 6.45) is 1.59. The van der Waals surface area contributed by atoms with Crippen LogP contribution in [-0.2, 0) is 16.1 Å². The van der Waals surface area contributed by atoms with Gasteiger partial charge in [-0.2, -0.15) is 5.10 Å². The minimum absolute atomic E-state index is 0.0356. The standard InChI is InChI=1S/C8H13N5O2/c1-10-7(14)4-11-8(15)5-13-3-2-6(9)12-13/h2-3H,4-5H2,1H3,(H2,9,12)(H,10,14)(H,11,15). The van der Waals surface area contributed by atoms with Gasteiger partial charge in [0, 0.05) is 13.2 Å². The average Bonchev–Trinajstić information content (AvgIpc) is 2.60. The molecule has 7 nitrogen and oxygen atoms in total. The molecule has 0 fully saturated rings. The fourth-order valence-corrected chi connectivity index (χ4v) is 0.936. The summed E-state index contributed by atoms with van der Waals surface area (Å²) in [5.41, 5.74) is 5.37. The van der Waals surface area contributed by atoms with E-state index in [0.717, 1.165) is 0 Å². The Labute approximate surface area is 86.6 Å². The van der Waals surface area contributed by atoms with Crippen molar-refractivity contribution >= 4 is 17.6 Å². The van der Waals surface area contributed by atoms with E-state index in [1.165, 1.54) is 11.7 Å². The third-order valence-corrected chi connectivity index (χ3v) is 1.69. The lowest BCUT2D eigenvalue weighted by Crippen LogP contribution is -2.36. The van der Waals surface area contributed by atoms with Crippen LogP contribution >= 0.6 is 0 Å². The molecule has 0 unspecified atom stereocenters. The van der Waals surface area contributed by atoms with Gasteiger partial charge in [0.15, 0.2) is 0 Å². The number of nitrogens with zero attached hydrogens (tertiary/aromatic N) is 2. The van der Waals surface area contributed by atoms with Gasteiger partial charge in [0.2, 0.25) is 11.8 Å². The molecule has 0 atom stereocenters. The molecule has 0 spiro atoms. The third-order valence-electron chi connectivity index (χ3n) is 1.69. The van der Waals surface area contributed by atoms with Crippen molar-refractivity contribution in [3.63, 3.8) is 0 Å². The van der Waals surface area contributed by atoms with Gasteiger partial charge in [-0.15, -0.1) is 0 Å². The number of amides is 2. The molecule has 0 aliphatic heterocycles. The smallest absolute Gasteiger partial charge is 0.242 e. The fourth-order valence-electron chi connectivity index (χ4n) is 0.936. The van der Waals surface area contributed by atoms with E-state index in [2.05, 4.69) is 15.7 Å². The maximum atomic E-state index is 11.2. The van der Waals surface area contributed by atoms with Crippen LogP contribution in [0.3, 0.4) is 0 Å². The first kappa shape index (κ1) is 11.0. The molecule has 0 aromatic carbocycles. The highest BCUT2D eigenvalue weighted by molar-refractivity contribution is 5.84. The molecule has 0 bridgehead atoms. The number of rotatable bonds is 4. The number of likely N-dealkylation sites (N-methyl/N-ethyl adjacent to an activating group) is 1. The lowest BCUT2D eigenvalue weighted by Gasteiger charge is -2.03. The van der Waals surface area contributed by atoms with Crippen molar-refractivity contribution in [3.05, 3.63) is 12.3 Å². The number of hydrogen-bond acceptors (Lipinski definition) is 4. The van der Waals surface area contributed by atoms with Gasteiger partial charge in [0.05, 0.1) is 6.54 Å². The average molecular weight is 211 g/mol. The normalized spacial score (nSPS) is 9.67. The SMILES string of the molecule is CNC(=O)CNC(=O)Cn1ccc(N)n1. The minimum Gasteiger partial charge on any atom is -0.382 e. The zero-order valence-corrected chi connectivity index (χ0v) is 8.36. The van der Waals surface area contributed by atoms with Crippen LogP contribution in [0.2, 0.25) is 0 Å². The van der Waals surface area contributed by atoms with Crippen LogP contribution in [0.4, 0.5) is 5.82 Å². The number of carbonyl (C=O) groups excluding carboxylic acids is 2. The molecule has 0 aliphatic carbocycles. The number of aromatic nitrogens is 2. The first-order valence-electron chi connectivity index (χ1n) is 4.38. The monoisotopic (exact) mass is 211 g/mol. The molecule has 0 saturated carbocycles. The van der Waals surface area contributed by atoms with Gasteiger partial charge >= 0.3 is 0 Å². The van der Waals surface area contributed by atoms with E-state index in [4.69, 9.17) is 5.73 Å². The number of hydrogen-bond donors (Lipinski definition) is 3. The molecule has 1 rings (SSSR count). The van der Waals surface area contributed by atoms with Crippen molar-refractivity contribution in [3.8, 4) is 0 Å². The second kappa shape index (κ2) is 4.99. The molecule has 0 saturated heterocycles. The summed E-state index contributed by atoms with van der Waals surface area (Å²) in [5, 5.41) is 8.66. The van der Waals surface area contributed by atoms with Gasteiger partial charge < -0.3 is 16.4 Å². The Bertz CT molecular complexity index is 360. The van der Waals surface area contributed by atoms with E-state index in [-0.39, 0.29) is 24.9 Å². The van der Waals surface area contributed by atoms with Crippen LogP contribution in [0.15, 0.2) is 12.3 Å². The first-order valence-corrected chi connectivity index (χ1v) is 4.38. The maximum Gasteiger partial charge on any atom is 0.242 e. The fraction of sp³-hybridized carbons (Fsp3) is 0.375. The number of nitrogens with one attached hydrogen (secondary N) is 2. The summed E-state index contributed by atoms with van der Waals surface area (Å²) in [7, 11) is 1.50. The zero-order valence-electron chi connectivity index (χ0n) is 8.36. The van der Waals surface area contributed by atoms with Crippen molar-refractivity contribution in [2.24, 2.45) is 0 Å². The summed E-state index contributed by atoms with van der Waals surface area (Å²) in [5.74, 6) is -0.181. The summed E-state index contributed by atoms with van der Waals surface area (Å²) in [6, 6.07) is 1.59. The molecule has 1 aromatic heterocycles. The van der Waals surface area contributed by atoms with Crippen molar-refractivity contribution < 1.29 is 9.59 Å². The van der Waals surface area contributed by atoms with Crippen LogP contribution < -0.4 is 16.4 Å². The van der Waals surface area contributed by atoms with Gasteiger partial charge in [0.1, 0.15) is 12.4 Å². The van der Waals surface area contributed by atoms with Crippen molar-refractivity contribution in [1.29, 1.82) is 0 Å².